The van der Waals surface area contributed by atoms with Gasteiger partial charge in [0, 0.05) is 5.69 Å². The molecule has 1 aliphatic rings. The van der Waals surface area contributed by atoms with E-state index in [9.17, 15) is 10.2 Å². The van der Waals surface area contributed by atoms with Crippen LogP contribution < -0.4 is 5.32 Å². The van der Waals surface area contributed by atoms with Crippen LogP contribution in [0.4, 0.5) is 5.69 Å². The van der Waals surface area contributed by atoms with Crippen LogP contribution in [-0.2, 0) is 4.74 Å². The second-order valence-electron chi connectivity index (χ2n) is 4.70. The summed E-state index contributed by atoms with van der Waals surface area (Å²) >= 11 is 0. The van der Waals surface area contributed by atoms with Gasteiger partial charge in [-0.25, -0.2) is 0 Å². The van der Waals surface area contributed by atoms with Crippen LogP contribution in [0, 0.1) is 13.8 Å². The number of ether oxygens (including phenoxy) is 1. The van der Waals surface area contributed by atoms with E-state index in [1.54, 1.807) is 0 Å². The van der Waals surface area contributed by atoms with Gasteiger partial charge >= 0.3 is 0 Å². The highest BCUT2D eigenvalue weighted by atomic mass is 16.6. The molecule has 0 aliphatic carbocycles. The smallest absolute Gasteiger partial charge is 0.157 e. The van der Waals surface area contributed by atoms with Gasteiger partial charge < -0.3 is 25.4 Å². The maximum Gasteiger partial charge on any atom is 0.157 e. The molecular weight excluding hydrogens is 234 g/mol. The normalized spacial score (nSPS) is 31.6. The number of aliphatic hydroxyl groups is 3. The molecule has 0 radical (unpaired) electrons. The Labute approximate surface area is 106 Å². The Balaban J connectivity index is 2.07. The lowest BCUT2D eigenvalue weighted by atomic mass is 10.1. The van der Waals surface area contributed by atoms with Gasteiger partial charge in [0.1, 0.15) is 18.3 Å². The van der Waals surface area contributed by atoms with E-state index in [0.717, 1.165) is 11.3 Å². The maximum atomic E-state index is 9.80. The summed E-state index contributed by atoms with van der Waals surface area (Å²) in [6.45, 7) is 3.70. The van der Waals surface area contributed by atoms with Gasteiger partial charge in [-0.1, -0.05) is 6.07 Å². The molecule has 0 bridgehead atoms. The SMILES string of the molecule is Cc1ccc(N[C@@H]2O[C@H](CO)[C@@H](O)[C@H]2O)cc1C. The summed E-state index contributed by atoms with van der Waals surface area (Å²) in [6, 6.07) is 5.81. The summed E-state index contributed by atoms with van der Waals surface area (Å²) < 4.78 is 5.35. The lowest BCUT2D eigenvalue weighted by molar-refractivity contribution is -0.0153. The Kier molecular flexibility index (Phi) is 3.87. The van der Waals surface area contributed by atoms with Crippen LogP contribution in [0.2, 0.25) is 0 Å². The Bertz CT molecular complexity index is 423. The van der Waals surface area contributed by atoms with Gasteiger partial charge in [0.25, 0.3) is 0 Å². The summed E-state index contributed by atoms with van der Waals surface area (Å²) in [6.07, 6.45) is -3.58. The molecule has 18 heavy (non-hydrogen) atoms. The number of nitrogens with one attached hydrogen (secondary N) is 1. The monoisotopic (exact) mass is 253 g/mol. The summed E-state index contributed by atoms with van der Waals surface area (Å²) in [7, 11) is 0. The fraction of sp³-hybridized carbons (Fsp3) is 0.538. The van der Waals surface area contributed by atoms with E-state index < -0.39 is 24.5 Å². The zero-order valence-electron chi connectivity index (χ0n) is 10.5. The van der Waals surface area contributed by atoms with Crippen LogP contribution in [0.25, 0.3) is 0 Å². The first-order valence-corrected chi connectivity index (χ1v) is 5.99. The topological polar surface area (TPSA) is 82.0 Å². The van der Waals surface area contributed by atoms with Crippen molar-refractivity contribution in [1.29, 1.82) is 0 Å². The van der Waals surface area contributed by atoms with Crippen LogP contribution in [-0.4, -0.2) is 46.5 Å². The molecule has 5 heteroatoms. The molecule has 1 fully saturated rings. The average molecular weight is 253 g/mol. The van der Waals surface area contributed by atoms with Crippen LogP contribution in [0.15, 0.2) is 18.2 Å². The highest BCUT2D eigenvalue weighted by Crippen LogP contribution is 2.23. The summed E-state index contributed by atoms with van der Waals surface area (Å²) in [4.78, 5) is 0. The molecule has 100 valence electrons. The molecular formula is C13H19NO4. The van der Waals surface area contributed by atoms with E-state index in [4.69, 9.17) is 9.84 Å². The predicted molar refractivity (Wildman–Crippen MR) is 67.3 cm³/mol. The number of anilines is 1. The van der Waals surface area contributed by atoms with Crippen molar-refractivity contribution in [3.63, 3.8) is 0 Å². The van der Waals surface area contributed by atoms with E-state index in [0.29, 0.717) is 0 Å². The largest absolute Gasteiger partial charge is 0.394 e. The van der Waals surface area contributed by atoms with Crippen molar-refractivity contribution in [2.24, 2.45) is 0 Å². The molecule has 4 atom stereocenters. The Hall–Kier alpha value is -1.14. The molecule has 0 aromatic heterocycles. The lowest BCUT2D eigenvalue weighted by Gasteiger charge is -2.18. The molecule has 1 aromatic rings. The lowest BCUT2D eigenvalue weighted by Crippen LogP contribution is -2.36. The summed E-state index contributed by atoms with van der Waals surface area (Å²) in [5.41, 5.74) is 3.13. The highest BCUT2D eigenvalue weighted by molar-refractivity contribution is 5.48. The third-order valence-electron chi connectivity index (χ3n) is 3.36. The van der Waals surface area contributed by atoms with Crippen LogP contribution in [0.1, 0.15) is 11.1 Å². The van der Waals surface area contributed by atoms with E-state index >= 15 is 0 Å². The fourth-order valence-corrected chi connectivity index (χ4v) is 2.01. The summed E-state index contributed by atoms with van der Waals surface area (Å²) in [5, 5.41) is 31.4. The van der Waals surface area contributed by atoms with Gasteiger partial charge in [-0.2, -0.15) is 0 Å². The van der Waals surface area contributed by atoms with Crippen LogP contribution >= 0.6 is 0 Å². The van der Waals surface area contributed by atoms with Gasteiger partial charge in [0.2, 0.25) is 0 Å². The molecule has 1 aromatic carbocycles. The highest BCUT2D eigenvalue weighted by Gasteiger charge is 2.42. The molecule has 4 N–H and O–H groups in total. The minimum atomic E-state index is -1.07. The third kappa shape index (κ3) is 2.49. The second-order valence-corrected chi connectivity index (χ2v) is 4.70. The van der Waals surface area contributed by atoms with Crippen molar-refractivity contribution in [1.82, 2.24) is 0 Å². The number of aliphatic hydroxyl groups excluding tert-OH is 3. The van der Waals surface area contributed by atoms with Crippen molar-refractivity contribution in [3.05, 3.63) is 29.3 Å². The quantitative estimate of drug-likeness (QED) is 0.616. The van der Waals surface area contributed by atoms with E-state index in [1.807, 2.05) is 32.0 Å². The van der Waals surface area contributed by atoms with Gasteiger partial charge in [0.15, 0.2) is 6.23 Å². The van der Waals surface area contributed by atoms with Crippen molar-refractivity contribution >= 4 is 5.69 Å². The van der Waals surface area contributed by atoms with E-state index in [2.05, 4.69) is 5.32 Å². The van der Waals surface area contributed by atoms with Gasteiger partial charge in [-0.15, -0.1) is 0 Å². The first-order chi connectivity index (χ1) is 8.52. The standard InChI is InChI=1S/C13H19NO4/c1-7-3-4-9(5-8(7)2)14-13-12(17)11(16)10(6-15)18-13/h3-5,10-17H,6H2,1-2H3/t10-,11-,12-,13-/m1/s1. The van der Waals surface area contributed by atoms with Crippen LogP contribution in [0.3, 0.4) is 0 Å². The number of hydrogen-bond acceptors (Lipinski definition) is 5. The Morgan fingerprint density at radius 2 is 1.89 bits per heavy atom. The van der Waals surface area contributed by atoms with Crippen molar-refractivity contribution in [2.75, 3.05) is 11.9 Å². The maximum absolute atomic E-state index is 9.80. The molecule has 0 saturated carbocycles. The zero-order valence-corrected chi connectivity index (χ0v) is 10.5. The molecule has 0 unspecified atom stereocenters. The predicted octanol–water partition coefficient (Wildman–Crippen LogP) is 0.154. The zero-order chi connectivity index (χ0) is 13.3. The van der Waals surface area contributed by atoms with Gasteiger partial charge in [-0.05, 0) is 37.1 Å². The van der Waals surface area contributed by atoms with E-state index in [-0.39, 0.29) is 6.61 Å². The molecule has 0 amide bonds. The number of benzene rings is 1. The molecule has 0 spiro atoms. The minimum Gasteiger partial charge on any atom is -0.394 e. The minimum absolute atomic E-state index is 0.316. The van der Waals surface area contributed by atoms with Crippen molar-refractivity contribution in [3.8, 4) is 0 Å². The summed E-state index contributed by atoms with van der Waals surface area (Å²) in [5.74, 6) is 0. The molecule has 1 aliphatic heterocycles. The molecule has 2 rings (SSSR count). The second kappa shape index (κ2) is 5.24. The number of hydrogen-bond donors (Lipinski definition) is 4. The molecule has 5 nitrogen and oxygen atoms in total. The van der Waals surface area contributed by atoms with Crippen molar-refractivity contribution < 1.29 is 20.1 Å². The molecule has 1 saturated heterocycles. The van der Waals surface area contributed by atoms with Crippen LogP contribution in [0.5, 0.6) is 0 Å². The Morgan fingerprint density at radius 1 is 1.17 bits per heavy atom. The average Bonchev–Trinajstić information content (AvgIpc) is 2.62. The first kappa shape index (κ1) is 13.3. The molecule has 1 heterocycles. The van der Waals surface area contributed by atoms with E-state index in [1.165, 1.54) is 5.56 Å². The van der Waals surface area contributed by atoms with Gasteiger partial charge in [-0.3, -0.25) is 0 Å². The first-order valence-electron chi connectivity index (χ1n) is 5.99. The fourth-order valence-electron chi connectivity index (χ4n) is 2.01. The number of aryl methyl sites for hydroxylation is 2. The van der Waals surface area contributed by atoms with Gasteiger partial charge in [0.05, 0.1) is 6.61 Å². The third-order valence-corrected chi connectivity index (χ3v) is 3.36. The van der Waals surface area contributed by atoms with Crippen molar-refractivity contribution in [2.45, 2.75) is 38.4 Å². The number of rotatable bonds is 3. The Morgan fingerprint density at radius 3 is 2.44 bits per heavy atom.